The van der Waals surface area contributed by atoms with Crippen LogP contribution in [-0.4, -0.2) is 96.7 Å². The molecular weight excluding hydrogens is 1310 g/mol. The quantitative estimate of drug-likeness (QED) is 0.0169. The van der Waals surface area contributed by atoms with Crippen molar-refractivity contribution in [3.05, 3.63) is 72.9 Å². The van der Waals surface area contributed by atoms with E-state index in [9.17, 15) is 43.2 Å². The number of hydrogen-bond acceptors (Lipinski definition) is 15. The Morgan fingerprint density at radius 2 is 0.500 bits per heavy atom. The number of allylic oxidation sites excluding steroid dienone is 12. The molecule has 19 heteroatoms. The van der Waals surface area contributed by atoms with Crippen LogP contribution < -0.4 is 0 Å². The molecule has 0 spiro atoms. The molecule has 0 rings (SSSR count). The smallest absolute Gasteiger partial charge is 0.462 e. The highest BCUT2D eigenvalue weighted by atomic mass is 31.2. The van der Waals surface area contributed by atoms with Gasteiger partial charge in [-0.25, -0.2) is 9.13 Å². The Morgan fingerprint density at radius 1 is 0.280 bits per heavy atom. The van der Waals surface area contributed by atoms with E-state index in [1.807, 2.05) is 12.2 Å². The number of carbonyl (C=O) groups is 4. The third kappa shape index (κ3) is 72.8. The van der Waals surface area contributed by atoms with Crippen LogP contribution in [0.15, 0.2) is 72.9 Å². The first-order chi connectivity index (χ1) is 48.7. The predicted molar refractivity (Wildman–Crippen MR) is 409 cm³/mol. The molecule has 0 amide bonds. The van der Waals surface area contributed by atoms with Gasteiger partial charge in [-0.15, -0.1) is 0 Å². The van der Waals surface area contributed by atoms with Gasteiger partial charge in [0.1, 0.15) is 19.3 Å². The number of phosphoric acid groups is 2. The highest BCUT2D eigenvalue weighted by molar-refractivity contribution is 7.47. The minimum absolute atomic E-state index is 0.0884. The fraction of sp³-hybridized carbons (Fsp3) is 0.802. The van der Waals surface area contributed by atoms with Gasteiger partial charge >= 0.3 is 39.5 Å². The number of unbranched alkanes of at least 4 members (excludes halogenated alkanes) is 38. The van der Waals surface area contributed by atoms with Crippen molar-refractivity contribution in [3.63, 3.8) is 0 Å². The molecule has 0 radical (unpaired) electrons. The molecule has 100 heavy (non-hydrogen) atoms. The van der Waals surface area contributed by atoms with Crippen LogP contribution in [0.25, 0.3) is 0 Å². The van der Waals surface area contributed by atoms with Crippen LogP contribution in [0.3, 0.4) is 0 Å². The van der Waals surface area contributed by atoms with Crippen molar-refractivity contribution in [1.29, 1.82) is 0 Å². The molecular formula is C81H146O17P2. The fourth-order valence-corrected chi connectivity index (χ4v) is 12.5. The fourth-order valence-electron chi connectivity index (χ4n) is 11.0. The normalized spacial score (nSPS) is 14.3. The Balaban J connectivity index is 5.37. The second-order valence-electron chi connectivity index (χ2n) is 27.0. The molecule has 0 aliphatic heterocycles. The first-order valence-corrected chi connectivity index (χ1v) is 43.2. The minimum Gasteiger partial charge on any atom is -0.462 e. The van der Waals surface area contributed by atoms with Crippen molar-refractivity contribution in [1.82, 2.24) is 0 Å². The van der Waals surface area contributed by atoms with Gasteiger partial charge in [0.25, 0.3) is 0 Å². The number of aliphatic hydroxyl groups excluding tert-OH is 1. The molecule has 0 aromatic heterocycles. The lowest BCUT2D eigenvalue weighted by Gasteiger charge is -2.21. The van der Waals surface area contributed by atoms with Crippen molar-refractivity contribution < 1.29 is 80.2 Å². The molecule has 0 aromatic rings. The van der Waals surface area contributed by atoms with Gasteiger partial charge in [-0.2, -0.15) is 0 Å². The summed E-state index contributed by atoms with van der Waals surface area (Å²) in [5.74, 6) is -2.22. The summed E-state index contributed by atoms with van der Waals surface area (Å²) in [6, 6.07) is 0. The zero-order valence-electron chi connectivity index (χ0n) is 63.6. The molecule has 0 saturated carbocycles. The predicted octanol–water partition coefficient (Wildman–Crippen LogP) is 23.2. The Bertz CT molecular complexity index is 2180. The first kappa shape index (κ1) is 96.5. The van der Waals surface area contributed by atoms with Gasteiger partial charge < -0.3 is 33.8 Å². The van der Waals surface area contributed by atoms with Crippen molar-refractivity contribution in [2.75, 3.05) is 39.6 Å². The lowest BCUT2D eigenvalue weighted by Crippen LogP contribution is -2.30. The maximum absolute atomic E-state index is 13.1. The highest BCUT2D eigenvalue weighted by Crippen LogP contribution is 2.45. The summed E-state index contributed by atoms with van der Waals surface area (Å²) in [6.07, 6.45) is 74.5. The van der Waals surface area contributed by atoms with Gasteiger partial charge in [0, 0.05) is 25.7 Å². The number of ether oxygens (including phenoxy) is 4. The van der Waals surface area contributed by atoms with Crippen molar-refractivity contribution in [2.45, 2.75) is 380 Å². The minimum atomic E-state index is -4.98. The molecule has 0 fully saturated rings. The van der Waals surface area contributed by atoms with Gasteiger partial charge in [-0.05, 0) is 116 Å². The van der Waals surface area contributed by atoms with Gasteiger partial charge in [0.05, 0.1) is 26.4 Å². The van der Waals surface area contributed by atoms with Gasteiger partial charge in [-0.1, -0.05) is 293 Å². The highest BCUT2D eigenvalue weighted by Gasteiger charge is 2.30. The van der Waals surface area contributed by atoms with Crippen LogP contribution in [-0.2, 0) is 65.4 Å². The number of aliphatic hydroxyl groups is 1. The Kier molecular flexibility index (Phi) is 71.2. The number of rotatable bonds is 76. The largest absolute Gasteiger partial charge is 0.472 e. The Labute approximate surface area is 609 Å². The molecule has 0 aliphatic carbocycles. The summed E-state index contributed by atoms with van der Waals surface area (Å²) in [7, 11) is -9.96. The van der Waals surface area contributed by atoms with E-state index in [2.05, 4.69) is 88.5 Å². The summed E-state index contributed by atoms with van der Waals surface area (Å²) >= 11 is 0. The Morgan fingerprint density at radius 3 is 0.830 bits per heavy atom. The summed E-state index contributed by atoms with van der Waals surface area (Å²) in [4.78, 5) is 72.9. The van der Waals surface area contributed by atoms with E-state index >= 15 is 0 Å². The monoisotopic (exact) mass is 1450 g/mol. The van der Waals surface area contributed by atoms with Crippen molar-refractivity contribution in [3.8, 4) is 0 Å². The summed E-state index contributed by atoms with van der Waals surface area (Å²) < 4.78 is 68.5. The number of phosphoric ester groups is 2. The van der Waals surface area contributed by atoms with E-state index in [0.717, 1.165) is 141 Å². The molecule has 0 aliphatic rings. The Hall–Kier alpha value is -3.50. The van der Waals surface area contributed by atoms with Crippen LogP contribution in [0.5, 0.6) is 0 Å². The topological polar surface area (TPSA) is 237 Å². The van der Waals surface area contributed by atoms with Crippen LogP contribution >= 0.6 is 15.6 Å². The molecule has 582 valence electrons. The third-order valence-electron chi connectivity index (χ3n) is 17.1. The maximum Gasteiger partial charge on any atom is 0.472 e. The van der Waals surface area contributed by atoms with E-state index < -0.39 is 97.5 Å². The van der Waals surface area contributed by atoms with Crippen molar-refractivity contribution >= 4 is 39.5 Å². The molecule has 0 heterocycles. The molecule has 0 aromatic carbocycles. The second-order valence-corrected chi connectivity index (χ2v) is 29.9. The summed E-state index contributed by atoms with van der Waals surface area (Å²) in [5, 5.41) is 10.6. The van der Waals surface area contributed by atoms with Crippen LogP contribution in [0.2, 0.25) is 0 Å². The van der Waals surface area contributed by atoms with Gasteiger partial charge in [-0.3, -0.25) is 37.3 Å². The number of carbonyl (C=O) groups excluding carboxylic acids is 4. The zero-order chi connectivity index (χ0) is 73.2. The van der Waals surface area contributed by atoms with Crippen LogP contribution in [0.4, 0.5) is 0 Å². The lowest BCUT2D eigenvalue weighted by molar-refractivity contribution is -0.161. The third-order valence-corrected chi connectivity index (χ3v) is 19.0. The van der Waals surface area contributed by atoms with E-state index in [-0.39, 0.29) is 25.7 Å². The average molecular weight is 1450 g/mol. The molecule has 3 N–H and O–H groups in total. The standard InChI is InChI=1S/C81H146O17P2/c1-5-9-13-17-21-25-29-33-36-37-40-43-46-50-54-58-62-66-79(84)92-71-76(97-80(85)67-63-59-55-51-47-41-32-28-24-20-16-12-8-4)73-95-99(87,88)93-69-75(82)70-94-100(89,90)96-74-77(98-81(86)68-64-60-56-52-48-44-39-35-31-27-23-19-15-11-7-3)72-91-78(83)65-61-57-53-49-45-42-38-34-30-26-22-18-14-10-6-2/h21,25,27,31,33-34,36,38,40,43,50,54,75-77,82H,5-20,22-24,26,28-30,32,35,37,39,41-42,44-49,51-53,55-74H2,1-4H3,(H,87,88)(H,89,90)/b25-21-,31-27-,36-33-,38-34-,43-40-,54-50-/t75-,76-,77-/m1/s1. The number of esters is 4. The molecule has 0 saturated heterocycles. The van der Waals surface area contributed by atoms with Gasteiger partial charge in [0.15, 0.2) is 12.2 Å². The van der Waals surface area contributed by atoms with Crippen molar-refractivity contribution in [2.24, 2.45) is 0 Å². The van der Waals surface area contributed by atoms with Crippen LogP contribution in [0, 0.1) is 0 Å². The average Bonchev–Trinajstić information content (AvgIpc) is 0.965. The lowest BCUT2D eigenvalue weighted by atomic mass is 10.0. The second kappa shape index (κ2) is 73.8. The summed E-state index contributed by atoms with van der Waals surface area (Å²) in [5.41, 5.74) is 0. The number of hydrogen-bond donors (Lipinski definition) is 3. The molecule has 17 nitrogen and oxygen atoms in total. The molecule has 2 unspecified atom stereocenters. The van der Waals surface area contributed by atoms with Gasteiger partial charge in [0.2, 0.25) is 0 Å². The first-order valence-electron chi connectivity index (χ1n) is 40.2. The zero-order valence-corrected chi connectivity index (χ0v) is 65.4. The van der Waals surface area contributed by atoms with E-state index in [4.69, 9.17) is 37.0 Å². The van der Waals surface area contributed by atoms with Crippen LogP contribution in [0.1, 0.15) is 362 Å². The summed E-state index contributed by atoms with van der Waals surface area (Å²) in [6.45, 7) is 4.81. The molecule has 0 bridgehead atoms. The van der Waals surface area contributed by atoms with E-state index in [1.165, 1.54) is 135 Å². The molecule has 5 atom stereocenters. The maximum atomic E-state index is 13.1. The van der Waals surface area contributed by atoms with E-state index in [1.54, 1.807) is 0 Å². The SMILES string of the molecule is CCCCC/C=C\C/C=C\C/C=C\C/C=C\CCCC(=O)OC[C@H](COP(=O)(O)OC[C@@H](O)COP(=O)(O)OC[C@@H](COC(=O)CCCCCCC/C=C\CCCCCCCC)OC(=O)CCCCCCCCC/C=C\CCCCCC)OC(=O)CCCCCCCCCCCCCCC. The van der Waals surface area contributed by atoms with E-state index in [0.29, 0.717) is 32.1 Å².